The number of hydrogen-bond donors (Lipinski definition) is 1. The number of nitrogens with one attached hydrogen (secondary N) is 1. The molecule has 3 aromatic carbocycles. The van der Waals surface area contributed by atoms with Gasteiger partial charge in [-0.1, -0.05) is 24.3 Å². The van der Waals surface area contributed by atoms with Crippen LogP contribution in [-0.2, 0) is 6.54 Å². The van der Waals surface area contributed by atoms with Gasteiger partial charge in [-0.15, -0.1) is 0 Å². The van der Waals surface area contributed by atoms with Crippen molar-refractivity contribution in [3.63, 3.8) is 0 Å². The van der Waals surface area contributed by atoms with Gasteiger partial charge in [0.1, 0.15) is 11.6 Å². The van der Waals surface area contributed by atoms with Gasteiger partial charge in [-0.2, -0.15) is 0 Å². The number of methoxy groups -OCH3 is 1. The minimum Gasteiger partial charge on any atom is -0.493 e. The Hall–Kier alpha value is -3.58. The van der Waals surface area contributed by atoms with Gasteiger partial charge in [0.2, 0.25) is 0 Å². The maximum absolute atomic E-state index is 13.5. The van der Waals surface area contributed by atoms with Crippen molar-refractivity contribution in [2.24, 2.45) is 0 Å². The summed E-state index contributed by atoms with van der Waals surface area (Å²) in [4.78, 5) is 17.9. The zero-order valence-electron chi connectivity index (χ0n) is 18.5. The van der Waals surface area contributed by atoms with Gasteiger partial charge in [-0.25, -0.2) is 9.18 Å². The van der Waals surface area contributed by atoms with Crippen molar-refractivity contribution in [3.8, 4) is 17.2 Å². The molecule has 0 aliphatic carbocycles. The number of piperidine rings is 1. The molecule has 1 aliphatic heterocycles. The predicted octanol–water partition coefficient (Wildman–Crippen LogP) is 5.11. The van der Waals surface area contributed by atoms with Crippen LogP contribution in [0.3, 0.4) is 0 Å². The molecule has 33 heavy (non-hydrogen) atoms. The summed E-state index contributed by atoms with van der Waals surface area (Å²) in [5.74, 6) is 1.14. The normalized spacial score (nSPS) is 15.1. The fourth-order valence-electron chi connectivity index (χ4n) is 4.59. The number of nitrogens with zero attached hydrogens (tertiary/aromatic N) is 2. The van der Waals surface area contributed by atoms with E-state index in [1.54, 1.807) is 6.07 Å². The molecule has 0 amide bonds. The van der Waals surface area contributed by atoms with Crippen LogP contribution in [-0.4, -0.2) is 34.7 Å². The third kappa shape index (κ3) is 4.50. The number of fused-ring (bicyclic) bond motifs is 1. The van der Waals surface area contributed by atoms with Crippen molar-refractivity contribution in [2.45, 2.75) is 25.4 Å². The second kappa shape index (κ2) is 9.11. The molecule has 170 valence electrons. The van der Waals surface area contributed by atoms with E-state index >= 15 is 0 Å². The zero-order valence-corrected chi connectivity index (χ0v) is 18.5. The van der Waals surface area contributed by atoms with Crippen LogP contribution in [0.4, 0.5) is 4.39 Å². The van der Waals surface area contributed by atoms with E-state index in [-0.39, 0.29) is 17.5 Å². The van der Waals surface area contributed by atoms with Crippen molar-refractivity contribution in [1.29, 1.82) is 0 Å². The molecule has 1 saturated heterocycles. The maximum atomic E-state index is 13.5. The molecule has 6 nitrogen and oxygen atoms in total. The van der Waals surface area contributed by atoms with Crippen molar-refractivity contribution in [3.05, 3.63) is 88.6 Å². The highest BCUT2D eigenvalue weighted by Gasteiger charge is 2.23. The smallest absolute Gasteiger partial charge is 0.326 e. The van der Waals surface area contributed by atoms with E-state index in [2.05, 4.69) is 16.0 Å². The molecule has 1 fully saturated rings. The lowest BCUT2D eigenvalue weighted by Gasteiger charge is -2.32. The lowest BCUT2D eigenvalue weighted by molar-refractivity contribution is 0.180. The number of benzene rings is 3. The molecule has 5 rings (SSSR count). The average molecular weight is 448 g/mol. The molecule has 0 radical (unpaired) electrons. The van der Waals surface area contributed by atoms with E-state index in [1.807, 2.05) is 47.0 Å². The quantitative estimate of drug-likeness (QED) is 0.446. The Balaban J connectivity index is 1.24. The summed E-state index contributed by atoms with van der Waals surface area (Å²) >= 11 is 0. The molecule has 4 aromatic rings. The Bertz CT molecular complexity index is 1320. The number of aromatic nitrogens is 2. The summed E-state index contributed by atoms with van der Waals surface area (Å²) < 4.78 is 26.5. The Morgan fingerprint density at radius 1 is 1.00 bits per heavy atom. The minimum atomic E-state index is -0.369. The fourth-order valence-corrected chi connectivity index (χ4v) is 4.59. The summed E-state index contributed by atoms with van der Waals surface area (Å²) in [7, 11) is 1.49. The largest absolute Gasteiger partial charge is 0.493 e. The van der Waals surface area contributed by atoms with Crippen molar-refractivity contribution in [2.75, 3.05) is 20.2 Å². The van der Waals surface area contributed by atoms with Crippen LogP contribution in [0, 0.1) is 5.82 Å². The van der Waals surface area contributed by atoms with Crippen molar-refractivity contribution >= 4 is 11.0 Å². The summed E-state index contributed by atoms with van der Waals surface area (Å²) in [5, 5.41) is 0. The molecule has 0 spiro atoms. The number of ether oxygens (including phenoxy) is 2. The standard InChI is InChI=1S/C26H26FN3O3/c1-32-25-16-19(27)9-10-24(25)33-21-6-4-5-18(15-21)17-29-13-11-20(12-14-29)30-23-8-3-2-7-22(23)28-26(30)31/h2-10,15-16,20H,11-14,17H2,1H3,(H,28,31). The van der Waals surface area contributed by atoms with Gasteiger partial charge in [-0.05, 0) is 54.8 Å². The van der Waals surface area contributed by atoms with E-state index < -0.39 is 0 Å². The summed E-state index contributed by atoms with van der Waals surface area (Å²) in [5.41, 5.74) is 2.97. The monoisotopic (exact) mass is 447 g/mol. The first-order chi connectivity index (χ1) is 16.1. The van der Waals surface area contributed by atoms with Crippen LogP contribution in [0.25, 0.3) is 11.0 Å². The van der Waals surface area contributed by atoms with E-state index in [0.717, 1.165) is 49.1 Å². The van der Waals surface area contributed by atoms with Crippen molar-refractivity contribution < 1.29 is 13.9 Å². The first-order valence-corrected chi connectivity index (χ1v) is 11.1. The molecule has 0 saturated carbocycles. The molecule has 0 bridgehead atoms. The predicted molar refractivity (Wildman–Crippen MR) is 126 cm³/mol. The molecule has 1 aromatic heterocycles. The molecule has 2 heterocycles. The lowest BCUT2D eigenvalue weighted by atomic mass is 10.0. The SMILES string of the molecule is COc1cc(F)ccc1Oc1cccc(CN2CCC(n3c(=O)[nH]c4ccccc43)CC2)c1. The molecular formula is C26H26FN3O3. The minimum absolute atomic E-state index is 0.0317. The summed E-state index contributed by atoms with van der Waals surface area (Å²) in [6.45, 7) is 2.62. The summed E-state index contributed by atoms with van der Waals surface area (Å²) in [6.07, 6.45) is 1.84. The highest BCUT2D eigenvalue weighted by molar-refractivity contribution is 5.75. The van der Waals surface area contributed by atoms with Crippen LogP contribution in [0.2, 0.25) is 0 Å². The third-order valence-corrected chi connectivity index (χ3v) is 6.20. The Labute approximate surface area is 191 Å². The lowest BCUT2D eigenvalue weighted by Crippen LogP contribution is -2.36. The van der Waals surface area contributed by atoms with Gasteiger partial charge in [0.05, 0.1) is 18.1 Å². The average Bonchev–Trinajstić information content (AvgIpc) is 3.16. The van der Waals surface area contributed by atoms with Gasteiger partial charge in [0.15, 0.2) is 11.5 Å². The number of rotatable bonds is 6. The number of imidazole rings is 1. The van der Waals surface area contributed by atoms with Gasteiger partial charge in [-0.3, -0.25) is 9.47 Å². The number of likely N-dealkylation sites (tertiary alicyclic amines) is 1. The van der Waals surface area contributed by atoms with Crippen molar-refractivity contribution in [1.82, 2.24) is 14.5 Å². The maximum Gasteiger partial charge on any atom is 0.326 e. The number of halogens is 1. The molecule has 0 atom stereocenters. The fraction of sp³-hybridized carbons (Fsp3) is 0.269. The van der Waals surface area contributed by atoms with E-state index in [0.29, 0.717) is 17.2 Å². The Morgan fingerprint density at radius 3 is 2.64 bits per heavy atom. The Kier molecular flexibility index (Phi) is 5.88. The number of hydrogen-bond acceptors (Lipinski definition) is 4. The topological polar surface area (TPSA) is 59.5 Å². The molecular weight excluding hydrogens is 421 g/mol. The molecule has 1 N–H and O–H groups in total. The van der Waals surface area contributed by atoms with Crippen LogP contribution in [0.5, 0.6) is 17.2 Å². The van der Waals surface area contributed by atoms with Crippen LogP contribution in [0.1, 0.15) is 24.4 Å². The highest BCUT2D eigenvalue weighted by atomic mass is 19.1. The van der Waals surface area contributed by atoms with E-state index in [4.69, 9.17) is 9.47 Å². The van der Waals surface area contributed by atoms with Crippen LogP contribution < -0.4 is 15.2 Å². The second-order valence-electron chi connectivity index (χ2n) is 8.37. The second-order valence-corrected chi connectivity index (χ2v) is 8.37. The van der Waals surface area contributed by atoms with E-state index in [1.165, 1.54) is 19.2 Å². The Morgan fingerprint density at radius 2 is 1.82 bits per heavy atom. The van der Waals surface area contributed by atoms with Crippen LogP contribution in [0.15, 0.2) is 71.5 Å². The van der Waals surface area contributed by atoms with E-state index in [9.17, 15) is 9.18 Å². The number of para-hydroxylation sites is 2. The third-order valence-electron chi connectivity index (χ3n) is 6.20. The van der Waals surface area contributed by atoms with Gasteiger partial charge in [0.25, 0.3) is 0 Å². The van der Waals surface area contributed by atoms with Gasteiger partial charge >= 0.3 is 5.69 Å². The molecule has 1 aliphatic rings. The number of H-pyrrole nitrogens is 1. The zero-order chi connectivity index (χ0) is 22.8. The first kappa shape index (κ1) is 21.3. The molecule has 0 unspecified atom stereocenters. The summed E-state index contributed by atoms with van der Waals surface area (Å²) in [6, 6.07) is 20.2. The molecule has 7 heteroatoms. The first-order valence-electron chi connectivity index (χ1n) is 11.1. The number of aromatic amines is 1. The van der Waals surface area contributed by atoms with Gasteiger partial charge < -0.3 is 14.5 Å². The van der Waals surface area contributed by atoms with Gasteiger partial charge in [0, 0.05) is 31.7 Å². The highest BCUT2D eigenvalue weighted by Crippen LogP contribution is 2.32. The van der Waals surface area contributed by atoms with Crippen LogP contribution >= 0.6 is 0 Å².